The van der Waals surface area contributed by atoms with E-state index in [1.54, 1.807) is 0 Å². The first-order chi connectivity index (χ1) is 5.29. The van der Waals surface area contributed by atoms with Gasteiger partial charge in [-0.05, 0) is 18.8 Å². The summed E-state index contributed by atoms with van der Waals surface area (Å²) in [6.45, 7) is 2.29. The fourth-order valence-electron chi connectivity index (χ4n) is 1.84. The zero-order valence-electron chi connectivity index (χ0n) is 7.48. The highest BCUT2D eigenvalue weighted by molar-refractivity contribution is 4.63. The van der Waals surface area contributed by atoms with Crippen LogP contribution in [0.1, 0.15) is 51.9 Å². The normalized spacial score (nSPS) is 35.5. The Bertz CT molecular complexity index is 89.0. The van der Waals surface area contributed by atoms with Gasteiger partial charge in [-0.3, -0.25) is 0 Å². The van der Waals surface area contributed by atoms with Crippen LogP contribution >= 0.6 is 0 Å². The van der Waals surface area contributed by atoms with Crippen LogP contribution in [0.5, 0.6) is 0 Å². The number of rotatable bonds is 0. The monoisotopic (exact) mass is 158 g/mol. The SMILES string of the molecule is CC1CCCC[C@@H](F)CCC1. The Morgan fingerprint density at radius 1 is 0.909 bits per heavy atom. The van der Waals surface area contributed by atoms with Gasteiger partial charge in [0.2, 0.25) is 0 Å². The molecule has 1 saturated carbocycles. The van der Waals surface area contributed by atoms with Crippen molar-refractivity contribution in [3.05, 3.63) is 0 Å². The van der Waals surface area contributed by atoms with Crippen LogP contribution in [0.15, 0.2) is 0 Å². The van der Waals surface area contributed by atoms with Crippen LogP contribution in [0.4, 0.5) is 4.39 Å². The third kappa shape index (κ3) is 3.74. The van der Waals surface area contributed by atoms with Crippen LogP contribution in [-0.4, -0.2) is 6.17 Å². The molecule has 0 radical (unpaired) electrons. The molecule has 0 heterocycles. The Kier molecular flexibility index (Phi) is 3.88. The second-order valence-electron chi connectivity index (χ2n) is 3.92. The van der Waals surface area contributed by atoms with Crippen LogP contribution in [0, 0.1) is 5.92 Å². The second kappa shape index (κ2) is 4.74. The first-order valence-corrected chi connectivity index (χ1v) is 4.93. The Labute approximate surface area is 69.2 Å². The summed E-state index contributed by atoms with van der Waals surface area (Å²) in [4.78, 5) is 0. The van der Waals surface area contributed by atoms with E-state index in [0.29, 0.717) is 0 Å². The van der Waals surface area contributed by atoms with Crippen LogP contribution in [0.3, 0.4) is 0 Å². The molecule has 1 rings (SSSR count). The molecule has 0 spiro atoms. The van der Waals surface area contributed by atoms with Crippen molar-refractivity contribution in [2.75, 3.05) is 0 Å². The van der Waals surface area contributed by atoms with E-state index in [4.69, 9.17) is 0 Å². The molecule has 2 atom stereocenters. The fraction of sp³-hybridized carbons (Fsp3) is 1.00. The first kappa shape index (κ1) is 9.02. The van der Waals surface area contributed by atoms with Gasteiger partial charge in [-0.2, -0.15) is 0 Å². The molecule has 0 amide bonds. The molecule has 1 aliphatic carbocycles. The summed E-state index contributed by atoms with van der Waals surface area (Å²) in [5, 5.41) is 0. The van der Waals surface area contributed by atoms with Gasteiger partial charge in [-0.15, -0.1) is 0 Å². The summed E-state index contributed by atoms with van der Waals surface area (Å²) >= 11 is 0. The van der Waals surface area contributed by atoms with Crippen molar-refractivity contribution in [1.82, 2.24) is 0 Å². The molecule has 0 N–H and O–H groups in total. The highest BCUT2D eigenvalue weighted by Crippen LogP contribution is 2.22. The minimum absolute atomic E-state index is 0.500. The molecule has 0 aromatic rings. The molecule has 1 aliphatic rings. The largest absolute Gasteiger partial charge is 0.247 e. The zero-order valence-corrected chi connectivity index (χ0v) is 7.48. The molecule has 0 nitrogen and oxygen atoms in total. The molecule has 0 aliphatic heterocycles. The molecule has 1 fully saturated rings. The number of hydrogen-bond donors (Lipinski definition) is 0. The maximum atomic E-state index is 12.9. The van der Waals surface area contributed by atoms with Gasteiger partial charge in [-0.1, -0.05) is 39.0 Å². The highest BCUT2D eigenvalue weighted by atomic mass is 19.1. The third-order valence-corrected chi connectivity index (χ3v) is 2.68. The maximum Gasteiger partial charge on any atom is 0.100 e. The van der Waals surface area contributed by atoms with Gasteiger partial charge in [0, 0.05) is 0 Å². The van der Waals surface area contributed by atoms with E-state index in [1.165, 1.54) is 19.3 Å². The lowest BCUT2D eigenvalue weighted by atomic mass is 9.99. The minimum Gasteiger partial charge on any atom is -0.247 e. The summed E-state index contributed by atoms with van der Waals surface area (Å²) in [7, 11) is 0. The smallest absolute Gasteiger partial charge is 0.100 e. The molecule has 1 heteroatoms. The van der Waals surface area contributed by atoms with Crippen molar-refractivity contribution >= 4 is 0 Å². The lowest BCUT2D eigenvalue weighted by Gasteiger charge is -2.07. The summed E-state index contributed by atoms with van der Waals surface area (Å²) in [6, 6.07) is 0. The van der Waals surface area contributed by atoms with Gasteiger partial charge in [0.15, 0.2) is 0 Å². The lowest BCUT2D eigenvalue weighted by molar-refractivity contribution is 0.286. The molecule has 0 saturated heterocycles. The van der Waals surface area contributed by atoms with E-state index in [-0.39, 0.29) is 0 Å². The average molecular weight is 158 g/mol. The van der Waals surface area contributed by atoms with Gasteiger partial charge >= 0.3 is 0 Å². The quantitative estimate of drug-likeness (QED) is 0.504. The molecular weight excluding hydrogens is 139 g/mol. The molecule has 0 aromatic heterocycles. The summed E-state index contributed by atoms with van der Waals surface area (Å²) < 4.78 is 12.9. The maximum absolute atomic E-state index is 12.9. The van der Waals surface area contributed by atoms with Crippen LogP contribution in [0.2, 0.25) is 0 Å². The minimum atomic E-state index is -0.500. The Balaban J connectivity index is 2.24. The van der Waals surface area contributed by atoms with Gasteiger partial charge in [0.05, 0.1) is 0 Å². The van der Waals surface area contributed by atoms with Crippen LogP contribution in [0.25, 0.3) is 0 Å². The molecular formula is C10H19F. The Morgan fingerprint density at radius 3 is 2.27 bits per heavy atom. The van der Waals surface area contributed by atoms with E-state index >= 15 is 0 Å². The van der Waals surface area contributed by atoms with Crippen molar-refractivity contribution in [1.29, 1.82) is 0 Å². The number of alkyl halides is 1. The van der Waals surface area contributed by atoms with Crippen molar-refractivity contribution in [3.8, 4) is 0 Å². The van der Waals surface area contributed by atoms with Crippen molar-refractivity contribution in [2.24, 2.45) is 5.92 Å². The van der Waals surface area contributed by atoms with Crippen molar-refractivity contribution in [3.63, 3.8) is 0 Å². The van der Waals surface area contributed by atoms with Gasteiger partial charge in [0.25, 0.3) is 0 Å². The average Bonchev–Trinajstić information content (AvgIpc) is 2.04. The summed E-state index contributed by atoms with van der Waals surface area (Å²) in [5.74, 6) is 0.834. The second-order valence-corrected chi connectivity index (χ2v) is 3.92. The summed E-state index contributed by atoms with van der Waals surface area (Å²) in [6.07, 6.45) is 7.11. The predicted molar refractivity (Wildman–Crippen MR) is 46.4 cm³/mol. The van der Waals surface area contributed by atoms with E-state index in [2.05, 4.69) is 6.92 Å². The number of hydrogen-bond acceptors (Lipinski definition) is 0. The van der Waals surface area contributed by atoms with Crippen LogP contribution in [-0.2, 0) is 0 Å². The Hall–Kier alpha value is -0.0700. The molecule has 0 aromatic carbocycles. The third-order valence-electron chi connectivity index (χ3n) is 2.68. The predicted octanol–water partition coefficient (Wildman–Crippen LogP) is 3.70. The van der Waals surface area contributed by atoms with Gasteiger partial charge in [-0.25, -0.2) is 4.39 Å². The first-order valence-electron chi connectivity index (χ1n) is 4.93. The molecule has 0 bridgehead atoms. The van der Waals surface area contributed by atoms with Crippen molar-refractivity contribution < 1.29 is 4.39 Å². The topological polar surface area (TPSA) is 0 Å². The van der Waals surface area contributed by atoms with E-state index in [0.717, 1.165) is 31.6 Å². The molecule has 11 heavy (non-hydrogen) atoms. The van der Waals surface area contributed by atoms with Gasteiger partial charge < -0.3 is 0 Å². The van der Waals surface area contributed by atoms with E-state index in [9.17, 15) is 4.39 Å². The van der Waals surface area contributed by atoms with Gasteiger partial charge in [0.1, 0.15) is 6.17 Å². The zero-order chi connectivity index (χ0) is 8.10. The van der Waals surface area contributed by atoms with E-state index < -0.39 is 6.17 Å². The molecule has 1 unspecified atom stereocenters. The summed E-state index contributed by atoms with van der Waals surface area (Å²) in [5.41, 5.74) is 0. The van der Waals surface area contributed by atoms with Crippen LogP contribution < -0.4 is 0 Å². The molecule has 66 valence electrons. The highest BCUT2D eigenvalue weighted by Gasteiger charge is 2.11. The fourth-order valence-corrected chi connectivity index (χ4v) is 1.84. The van der Waals surface area contributed by atoms with Crippen molar-refractivity contribution in [2.45, 2.75) is 58.0 Å². The standard InChI is InChI=1S/C10H19F/c1-9-5-2-3-7-10(11)8-4-6-9/h9-10H,2-8H2,1H3/t9?,10-/m1/s1. The Morgan fingerprint density at radius 2 is 1.45 bits per heavy atom. The van der Waals surface area contributed by atoms with E-state index in [1.807, 2.05) is 0 Å². The number of halogens is 1. The lowest BCUT2D eigenvalue weighted by Crippen LogP contribution is -1.98.